The highest BCUT2D eigenvalue weighted by molar-refractivity contribution is 7.85. The SMILES string of the molecule is Cc1ncsc1CCOCC(O)CNC1CCS(=O)CC1. The van der Waals surface area contributed by atoms with Gasteiger partial charge in [-0.3, -0.25) is 4.21 Å². The molecular formula is C14H24N2O3S2. The molecule has 0 radical (unpaired) electrons. The zero-order valence-electron chi connectivity index (χ0n) is 12.4. The van der Waals surface area contributed by atoms with Crippen LogP contribution in [0.25, 0.3) is 0 Å². The van der Waals surface area contributed by atoms with Crippen LogP contribution in [0.3, 0.4) is 0 Å². The van der Waals surface area contributed by atoms with Crippen LogP contribution >= 0.6 is 11.3 Å². The Labute approximate surface area is 132 Å². The molecule has 0 saturated carbocycles. The highest BCUT2D eigenvalue weighted by atomic mass is 32.2. The summed E-state index contributed by atoms with van der Waals surface area (Å²) >= 11 is 1.65. The molecular weight excluding hydrogens is 308 g/mol. The summed E-state index contributed by atoms with van der Waals surface area (Å²) in [5, 5.41) is 13.2. The van der Waals surface area contributed by atoms with Crippen molar-refractivity contribution in [3.05, 3.63) is 16.1 Å². The first kappa shape index (κ1) is 17.0. The average Bonchev–Trinajstić information content (AvgIpc) is 2.88. The molecule has 0 spiro atoms. The lowest BCUT2D eigenvalue weighted by molar-refractivity contribution is 0.0369. The number of nitrogens with zero attached hydrogens (tertiary/aromatic N) is 1. The Morgan fingerprint density at radius 3 is 3.00 bits per heavy atom. The normalized spacial score (nSPS) is 24.1. The molecule has 21 heavy (non-hydrogen) atoms. The van der Waals surface area contributed by atoms with Crippen LogP contribution in [0.5, 0.6) is 0 Å². The van der Waals surface area contributed by atoms with Crippen LogP contribution in [0, 0.1) is 6.92 Å². The number of hydrogen-bond donors (Lipinski definition) is 2. The van der Waals surface area contributed by atoms with Gasteiger partial charge in [-0.25, -0.2) is 4.98 Å². The van der Waals surface area contributed by atoms with E-state index in [9.17, 15) is 9.32 Å². The third kappa shape index (κ3) is 6.12. The fraction of sp³-hybridized carbons (Fsp3) is 0.786. The number of rotatable bonds is 8. The van der Waals surface area contributed by atoms with Crippen LogP contribution < -0.4 is 5.32 Å². The smallest absolute Gasteiger partial charge is 0.0897 e. The van der Waals surface area contributed by atoms with E-state index in [1.807, 2.05) is 12.4 Å². The maximum absolute atomic E-state index is 11.3. The lowest BCUT2D eigenvalue weighted by atomic mass is 10.1. The van der Waals surface area contributed by atoms with Gasteiger partial charge in [0.25, 0.3) is 0 Å². The molecule has 1 aliphatic rings. The van der Waals surface area contributed by atoms with Crippen LogP contribution in [0.15, 0.2) is 5.51 Å². The third-order valence-electron chi connectivity index (χ3n) is 3.66. The van der Waals surface area contributed by atoms with Crippen LogP contribution in [0.1, 0.15) is 23.4 Å². The minimum atomic E-state index is -0.629. The highest BCUT2D eigenvalue weighted by Crippen LogP contribution is 2.12. The lowest BCUT2D eigenvalue weighted by Gasteiger charge is -2.24. The van der Waals surface area contributed by atoms with E-state index in [1.54, 1.807) is 11.3 Å². The van der Waals surface area contributed by atoms with Gasteiger partial charge in [0.1, 0.15) is 0 Å². The predicted molar refractivity (Wildman–Crippen MR) is 86.3 cm³/mol. The van der Waals surface area contributed by atoms with Gasteiger partial charge in [-0.2, -0.15) is 0 Å². The van der Waals surface area contributed by atoms with Crippen LogP contribution in [0.2, 0.25) is 0 Å². The second-order valence-electron chi connectivity index (χ2n) is 5.37. The average molecular weight is 332 g/mol. The van der Waals surface area contributed by atoms with Gasteiger partial charge in [0.15, 0.2) is 0 Å². The number of aliphatic hydroxyl groups excluding tert-OH is 1. The third-order valence-corrected chi connectivity index (χ3v) is 6.04. The van der Waals surface area contributed by atoms with E-state index in [0.29, 0.717) is 25.8 Å². The quantitative estimate of drug-likeness (QED) is 0.691. The van der Waals surface area contributed by atoms with Gasteiger partial charge in [0.2, 0.25) is 0 Å². The van der Waals surface area contributed by atoms with Crippen molar-refractivity contribution < 1.29 is 14.1 Å². The standard InChI is InChI=1S/C14H24N2O3S2/c1-11-14(20-10-16-11)2-5-19-9-13(17)8-15-12-3-6-21(18)7-4-12/h10,12-13,15,17H,2-9H2,1H3. The number of nitrogens with one attached hydrogen (secondary N) is 1. The first-order chi connectivity index (χ1) is 10.1. The number of aromatic nitrogens is 1. The van der Waals surface area contributed by atoms with Crippen LogP contribution in [-0.4, -0.2) is 57.7 Å². The number of hydrogen-bond acceptors (Lipinski definition) is 6. The van der Waals surface area contributed by atoms with Gasteiger partial charge < -0.3 is 15.2 Å². The molecule has 2 heterocycles. The van der Waals surface area contributed by atoms with E-state index in [1.165, 1.54) is 4.88 Å². The van der Waals surface area contributed by atoms with Crippen LogP contribution in [-0.2, 0) is 22.0 Å². The molecule has 1 atom stereocenters. The molecule has 7 heteroatoms. The molecule has 0 aliphatic carbocycles. The topological polar surface area (TPSA) is 71.5 Å². The van der Waals surface area contributed by atoms with Crippen molar-refractivity contribution in [2.75, 3.05) is 31.3 Å². The summed E-state index contributed by atoms with van der Waals surface area (Å²) < 4.78 is 16.8. The largest absolute Gasteiger partial charge is 0.389 e. The highest BCUT2D eigenvalue weighted by Gasteiger charge is 2.18. The van der Waals surface area contributed by atoms with E-state index in [4.69, 9.17) is 4.74 Å². The van der Waals surface area contributed by atoms with E-state index >= 15 is 0 Å². The fourth-order valence-electron chi connectivity index (χ4n) is 2.31. The Hall–Kier alpha value is -0.340. The minimum absolute atomic E-state index is 0.351. The van der Waals surface area contributed by atoms with Crippen molar-refractivity contribution in [3.63, 3.8) is 0 Å². The summed E-state index contributed by atoms with van der Waals surface area (Å²) in [6.07, 6.45) is 2.24. The molecule has 1 saturated heterocycles. The van der Waals surface area contributed by atoms with Crippen molar-refractivity contribution in [3.8, 4) is 0 Å². The number of ether oxygens (including phenoxy) is 1. The van der Waals surface area contributed by atoms with Crippen molar-refractivity contribution in [2.24, 2.45) is 0 Å². The zero-order chi connectivity index (χ0) is 15.1. The van der Waals surface area contributed by atoms with E-state index < -0.39 is 16.9 Å². The molecule has 2 N–H and O–H groups in total. The Bertz CT molecular complexity index is 443. The second kappa shape index (κ2) is 8.95. The Morgan fingerprint density at radius 1 is 1.57 bits per heavy atom. The molecule has 1 aliphatic heterocycles. The molecule has 2 rings (SSSR count). The first-order valence-electron chi connectivity index (χ1n) is 7.38. The zero-order valence-corrected chi connectivity index (χ0v) is 14.0. The molecule has 1 aromatic rings. The maximum atomic E-state index is 11.3. The van der Waals surface area contributed by atoms with Crippen molar-refractivity contribution in [2.45, 2.75) is 38.3 Å². The molecule has 0 bridgehead atoms. The second-order valence-corrected chi connectivity index (χ2v) is 8.01. The summed E-state index contributed by atoms with van der Waals surface area (Å²) in [6, 6.07) is 0.386. The molecule has 1 fully saturated rings. The van der Waals surface area contributed by atoms with Gasteiger partial charge in [-0.1, -0.05) is 0 Å². The summed E-state index contributed by atoms with van der Waals surface area (Å²) in [5.74, 6) is 1.55. The predicted octanol–water partition coefficient (Wildman–Crippen LogP) is 0.872. The van der Waals surface area contributed by atoms with Crippen LogP contribution in [0.4, 0.5) is 0 Å². The molecule has 1 aromatic heterocycles. The van der Waals surface area contributed by atoms with Gasteiger partial charge in [0, 0.05) is 46.2 Å². The monoisotopic (exact) mass is 332 g/mol. The van der Waals surface area contributed by atoms with E-state index in [-0.39, 0.29) is 0 Å². The van der Waals surface area contributed by atoms with Crippen molar-refractivity contribution in [1.29, 1.82) is 0 Å². The Morgan fingerprint density at radius 2 is 2.33 bits per heavy atom. The maximum Gasteiger partial charge on any atom is 0.0897 e. The Kier molecular flexibility index (Phi) is 7.25. The van der Waals surface area contributed by atoms with Gasteiger partial charge in [-0.15, -0.1) is 11.3 Å². The molecule has 120 valence electrons. The van der Waals surface area contributed by atoms with Crippen molar-refractivity contribution >= 4 is 22.1 Å². The van der Waals surface area contributed by atoms with Gasteiger partial charge in [0.05, 0.1) is 30.5 Å². The molecule has 0 amide bonds. The van der Waals surface area contributed by atoms with E-state index in [0.717, 1.165) is 36.5 Å². The molecule has 1 unspecified atom stereocenters. The first-order valence-corrected chi connectivity index (χ1v) is 9.75. The number of aliphatic hydroxyl groups is 1. The fourth-order valence-corrected chi connectivity index (χ4v) is 4.37. The number of thiazole rings is 1. The summed E-state index contributed by atoms with van der Waals surface area (Å²) in [7, 11) is -0.629. The minimum Gasteiger partial charge on any atom is -0.389 e. The Balaban J connectivity index is 1.52. The van der Waals surface area contributed by atoms with Gasteiger partial charge >= 0.3 is 0 Å². The number of aryl methyl sites for hydroxylation is 1. The summed E-state index contributed by atoms with van der Waals surface area (Å²) in [6.45, 7) is 3.50. The molecule has 0 aromatic carbocycles. The van der Waals surface area contributed by atoms with Gasteiger partial charge in [-0.05, 0) is 19.8 Å². The molecule has 5 nitrogen and oxygen atoms in total. The summed E-state index contributed by atoms with van der Waals surface area (Å²) in [4.78, 5) is 5.45. The van der Waals surface area contributed by atoms with E-state index in [2.05, 4.69) is 10.3 Å². The summed E-state index contributed by atoms with van der Waals surface area (Å²) in [5.41, 5.74) is 2.92. The van der Waals surface area contributed by atoms with Crippen molar-refractivity contribution in [1.82, 2.24) is 10.3 Å². The lowest BCUT2D eigenvalue weighted by Crippen LogP contribution is -2.41.